The Kier molecular flexibility index (Phi) is 48.5. The third-order valence-electron chi connectivity index (χ3n) is 10.9. The third-order valence-corrected chi connectivity index (χ3v) is 10.9. The van der Waals surface area contributed by atoms with Crippen LogP contribution in [0.3, 0.4) is 0 Å². The summed E-state index contributed by atoms with van der Waals surface area (Å²) in [5.74, 6) is -0.940. The molecule has 360 valence electrons. The molecule has 0 saturated heterocycles. The normalized spacial score (nSPS) is 12.7. The van der Waals surface area contributed by atoms with Crippen molar-refractivity contribution >= 4 is 17.9 Å². The van der Waals surface area contributed by atoms with Gasteiger partial charge >= 0.3 is 17.9 Å². The lowest BCUT2D eigenvalue weighted by Crippen LogP contribution is -2.30. The van der Waals surface area contributed by atoms with Crippen LogP contribution in [0.4, 0.5) is 0 Å². The summed E-state index contributed by atoms with van der Waals surface area (Å²) in [6, 6.07) is 0. The van der Waals surface area contributed by atoms with E-state index in [9.17, 15) is 14.4 Å². The minimum atomic E-state index is -0.797. The Labute approximate surface area is 388 Å². The molecule has 0 aliphatic rings. The number of unbranched alkanes of at least 4 members (excludes halogenated alkanes) is 21. The van der Waals surface area contributed by atoms with Crippen LogP contribution in [0.2, 0.25) is 0 Å². The molecule has 1 unspecified atom stereocenters. The standard InChI is InChI=1S/C57H96O6/c1-4-7-10-13-16-19-22-25-28-31-34-37-40-43-46-49-55(58)61-52-54(63-57(60)51-48-45-42-39-36-33-30-27-24-21-18-15-12-9-6-3)53-62-56(59)50-47-44-41-38-35-32-29-26-23-20-17-14-11-8-5-2/h7,10,16-21,25-30,54H,4-6,8-9,11-15,22-24,31-53H2,1-3H3. The largest absolute Gasteiger partial charge is 0.462 e. The minimum Gasteiger partial charge on any atom is -0.462 e. The van der Waals surface area contributed by atoms with Gasteiger partial charge in [0.05, 0.1) is 0 Å². The molecule has 63 heavy (non-hydrogen) atoms. The molecule has 6 heteroatoms. The number of allylic oxidation sites excluding steroid dienone is 14. The molecule has 6 nitrogen and oxygen atoms in total. The highest BCUT2D eigenvalue weighted by molar-refractivity contribution is 5.71. The number of hydrogen-bond donors (Lipinski definition) is 0. The van der Waals surface area contributed by atoms with E-state index in [2.05, 4.69) is 106 Å². The molecule has 0 heterocycles. The average molecular weight is 877 g/mol. The lowest BCUT2D eigenvalue weighted by molar-refractivity contribution is -0.167. The zero-order valence-corrected chi connectivity index (χ0v) is 41.1. The van der Waals surface area contributed by atoms with Gasteiger partial charge in [-0.25, -0.2) is 0 Å². The van der Waals surface area contributed by atoms with E-state index in [0.29, 0.717) is 19.3 Å². The molecule has 0 spiro atoms. The fraction of sp³-hybridized carbons (Fsp3) is 0.702. The van der Waals surface area contributed by atoms with Crippen LogP contribution in [-0.4, -0.2) is 37.2 Å². The summed E-state index contributed by atoms with van der Waals surface area (Å²) in [5, 5.41) is 0. The van der Waals surface area contributed by atoms with Gasteiger partial charge in [-0.15, -0.1) is 0 Å². The summed E-state index contributed by atoms with van der Waals surface area (Å²) in [4.78, 5) is 38.0. The summed E-state index contributed by atoms with van der Waals surface area (Å²) >= 11 is 0. The molecule has 0 bridgehead atoms. The molecule has 0 aromatic carbocycles. The third kappa shape index (κ3) is 49.5. The number of carbonyl (C=O) groups excluding carboxylic acids is 3. The van der Waals surface area contributed by atoms with Crippen LogP contribution in [0.15, 0.2) is 85.1 Å². The molecular formula is C57H96O6. The van der Waals surface area contributed by atoms with Crippen molar-refractivity contribution < 1.29 is 28.6 Å². The van der Waals surface area contributed by atoms with Gasteiger partial charge in [0.15, 0.2) is 6.10 Å². The Hall–Kier alpha value is -3.41. The van der Waals surface area contributed by atoms with Gasteiger partial charge in [0, 0.05) is 19.3 Å². The molecule has 0 aromatic rings. The van der Waals surface area contributed by atoms with E-state index in [-0.39, 0.29) is 31.1 Å². The summed E-state index contributed by atoms with van der Waals surface area (Å²) in [6.07, 6.45) is 65.6. The molecule has 0 saturated carbocycles. The molecule has 1 atom stereocenters. The Bertz CT molecular complexity index is 1240. The number of hydrogen-bond acceptors (Lipinski definition) is 6. The molecule has 0 radical (unpaired) electrons. The molecule has 0 N–H and O–H groups in total. The fourth-order valence-corrected chi connectivity index (χ4v) is 6.93. The van der Waals surface area contributed by atoms with Gasteiger partial charge in [0.2, 0.25) is 0 Å². The Morgan fingerprint density at radius 3 is 0.968 bits per heavy atom. The van der Waals surface area contributed by atoms with E-state index in [1.165, 1.54) is 51.4 Å². The average Bonchev–Trinajstić information content (AvgIpc) is 3.28. The SMILES string of the molecule is CCC=CCC=CCC=CCCCCCCCC(=O)OCC(COC(=O)CCCCCCCC=CCC=CCCCCC)OC(=O)CCCCCCCC=CCC=CCCCCC. The van der Waals surface area contributed by atoms with Crippen molar-refractivity contribution in [3.63, 3.8) is 0 Å². The molecular weight excluding hydrogens is 781 g/mol. The maximum atomic E-state index is 12.8. The lowest BCUT2D eigenvalue weighted by Gasteiger charge is -2.18. The van der Waals surface area contributed by atoms with Crippen molar-refractivity contribution in [2.45, 2.75) is 245 Å². The van der Waals surface area contributed by atoms with E-state index < -0.39 is 6.10 Å². The second-order valence-corrected chi connectivity index (χ2v) is 17.0. The molecule has 0 rings (SSSR count). The number of ether oxygens (including phenoxy) is 3. The molecule has 0 aromatic heterocycles. The summed E-state index contributed by atoms with van der Waals surface area (Å²) < 4.78 is 16.8. The predicted molar refractivity (Wildman–Crippen MR) is 270 cm³/mol. The van der Waals surface area contributed by atoms with E-state index >= 15 is 0 Å². The first-order valence-electron chi connectivity index (χ1n) is 26.1. The first-order valence-corrected chi connectivity index (χ1v) is 26.1. The van der Waals surface area contributed by atoms with Gasteiger partial charge in [0.25, 0.3) is 0 Å². The molecule has 0 fully saturated rings. The molecule has 0 aliphatic carbocycles. The first-order chi connectivity index (χ1) is 31.0. The fourth-order valence-electron chi connectivity index (χ4n) is 6.93. The van der Waals surface area contributed by atoms with E-state index in [4.69, 9.17) is 14.2 Å². The smallest absolute Gasteiger partial charge is 0.306 e. The summed E-state index contributed by atoms with van der Waals surface area (Å²) in [6.45, 7) is 6.43. The van der Waals surface area contributed by atoms with Crippen molar-refractivity contribution in [3.8, 4) is 0 Å². The van der Waals surface area contributed by atoms with Crippen molar-refractivity contribution in [3.05, 3.63) is 85.1 Å². The number of carbonyl (C=O) groups is 3. The van der Waals surface area contributed by atoms with Crippen molar-refractivity contribution in [1.82, 2.24) is 0 Å². The highest BCUT2D eigenvalue weighted by Crippen LogP contribution is 2.13. The Balaban J connectivity index is 4.47. The van der Waals surface area contributed by atoms with Gasteiger partial charge in [-0.2, -0.15) is 0 Å². The molecule has 0 amide bonds. The second kappa shape index (κ2) is 51.2. The van der Waals surface area contributed by atoms with Crippen LogP contribution in [0.5, 0.6) is 0 Å². The van der Waals surface area contributed by atoms with Crippen molar-refractivity contribution in [2.24, 2.45) is 0 Å². The lowest BCUT2D eigenvalue weighted by atomic mass is 10.1. The molecule has 0 aliphatic heterocycles. The van der Waals surface area contributed by atoms with Crippen molar-refractivity contribution in [1.29, 1.82) is 0 Å². The van der Waals surface area contributed by atoms with Gasteiger partial charge in [0.1, 0.15) is 13.2 Å². The van der Waals surface area contributed by atoms with E-state index in [1.807, 2.05) is 0 Å². The minimum absolute atomic E-state index is 0.0959. The van der Waals surface area contributed by atoms with Gasteiger partial charge in [-0.05, 0) is 116 Å². The predicted octanol–water partition coefficient (Wildman–Crippen LogP) is 17.2. The van der Waals surface area contributed by atoms with Crippen LogP contribution in [-0.2, 0) is 28.6 Å². The maximum absolute atomic E-state index is 12.8. The Morgan fingerprint density at radius 2 is 0.619 bits per heavy atom. The van der Waals surface area contributed by atoms with Gasteiger partial charge in [-0.1, -0.05) is 189 Å². The Morgan fingerprint density at radius 1 is 0.333 bits per heavy atom. The van der Waals surface area contributed by atoms with Gasteiger partial charge < -0.3 is 14.2 Å². The van der Waals surface area contributed by atoms with Crippen LogP contribution in [0.1, 0.15) is 239 Å². The van der Waals surface area contributed by atoms with E-state index in [1.54, 1.807) is 0 Å². The van der Waals surface area contributed by atoms with E-state index in [0.717, 1.165) is 148 Å². The number of rotatable bonds is 46. The number of esters is 3. The topological polar surface area (TPSA) is 78.9 Å². The van der Waals surface area contributed by atoms with Crippen LogP contribution in [0, 0.1) is 0 Å². The zero-order chi connectivity index (χ0) is 45.8. The quantitative estimate of drug-likeness (QED) is 0.0262. The zero-order valence-electron chi connectivity index (χ0n) is 41.1. The van der Waals surface area contributed by atoms with Crippen LogP contribution in [0.25, 0.3) is 0 Å². The summed E-state index contributed by atoms with van der Waals surface area (Å²) in [7, 11) is 0. The maximum Gasteiger partial charge on any atom is 0.306 e. The van der Waals surface area contributed by atoms with Gasteiger partial charge in [-0.3, -0.25) is 14.4 Å². The highest BCUT2D eigenvalue weighted by atomic mass is 16.6. The first kappa shape index (κ1) is 59.6. The van der Waals surface area contributed by atoms with Crippen molar-refractivity contribution in [2.75, 3.05) is 13.2 Å². The summed E-state index contributed by atoms with van der Waals surface area (Å²) in [5.41, 5.74) is 0. The monoisotopic (exact) mass is 877 g/mol. The van der Waals surface area contributed by atoms with Crippen LogP contribution < -0.4 is 0 Å². The highest BCUT2D eigenvalue weighted by Gasteiger charge is 2.19. The van der Waals surface area contributed by atoms with Crippen LogP contribution >= 0.6 is 0 Å². The second-order valence-electron chi connectivity index (χ2n) is 17.0.